The Balaban J connectivity index is 1.89. The Morgan fingerprint density at radius 1 is 1.21 bits per heavy atom. The first-order valence-electron chi connectivity index (χ1n) is 8.46. The van der Waals surface area contributed by atoms with Gasteiger partial charge in [-0.25, -0.2) is 8.42 Å². The number of benzene rings is 2. The second-order valence-corrected chi connectivity index (χ2v) is 8.72. The van der Waals surface area contributed by atoms with Gasteiger partial charge in [-0.2, -0.15) is 0 Å². The number of nitrogens with zero attached hydrogens (tertiary/aromatic N) is 2. The first-order valence-corrected chi connectivity index (χ1v) is 10.6. The molecule has 146 valence electrons. The molecule has 9 heteroatoms. The molecule has 1 aliphatic heterocycles. The molecule has 1 atom stereocenters. The lowest BCUT2D eigenvalue weighted by Crippen LogP contribution is -2.42. The van der Waals surface area contributed by atoms with Gasteiger partial charge in [-0.1, -0.05) is 41.9 Å². The summed E-state index contributed by atoms with van der Waals surface area (Å²) < 4.78 is 23.7. The Bertz CT molecular complexity index is 1040. The maximum Gasteiger partial charge on any atom is 0.288 e. The number of nitro benzene ring substituents is 1. The van der Waals surface area contributed by atoms with Crippen molar-refractivity contribution >= 4 is 33.0 Å². The Labute approximate surface area is 167 Å². The van der Waals surface area contributed by atoms with Crippen molar-refractivity contribution in [1.82, 2.24) is 4.90 Å². The lowest BCUT2D eigenvalue weighted by Gasteiger charge is -2.27. The third-order valence-corrected chi connectivity index (χ3v) is 6.14. The van der Waals surface area contributed by atoms with E-state index < -0.39 is 26.7 Å². The normalized spacial score (nSPS) is 17.4. The van der Waals surface area contributed by atoms with E-state index in [9.17, 15) is 23.3 Å². The molecular formula is C19H17ClN2O5S. The Morgan fingerprint density at radius 2 is 1.93 bits per heavy atom. The maximum absolute atomic E-state index is 13.1. The molecule has 2 aromatic carbocycles. The number of halogens is 1. The Hall–Kier alpha value is -2.71. The standard InChI is InChI=1S/C19H17ClN2O5S/c20-17-7-6-15(12-18(17)22(24)25)19(23)21(16-9-11-28(26,27)13-16)10-8-14-4-2-1-3-5-14/h1-7,9,11-12,16H,8,10,13H2. The van der Waals surface area contributed by atoms with Crippen LogP contribution in [-0.4, -0.2) is 42.5 Å². The topological polar surface area (TPSA) is 97.6 Å². The lowest BCUT2D eigenvalue weighted by atomic mass is 10.1. The van der Waals surface area contributed by atoms with Crippen LogP contribution in [0.2, 0.25) is 5.02 Å². The minimum Gasteiger partial charge on any atom is -0.331 e. The van der Waals surface area contributed by atoms with E-state index in [4.69, 9.17) is 11.6 Å². The number of sulfone groups is 1. The third kappa shape index (κ3) is 4.58. The van der Waals surface area contributed by atoms with Gasteiger partial charge in [0.05, 0.1) is 16.7 Å². The zero-order chi connectivity index (χ0) is 20.3. The first-order chi connectivity index (χ1) is 13.3. The van der Waals surface area contributed by atoms with Gasteiger partial charge >= 0.3 is 0 Å². The van der Waals surface area contributed by atoms with E-state index >= 15 is 0 Å². The highest BCUT2D eigenvalue weighted by molar-refractivity contribution is 7.94. The van der Waals surface area contributed by atoms with Crippen LogP contribution in [0, 0.1) is 10.1 Å². The molecule has 0 bridgehead atoms. The van der Waals surface area contributed by atoms with Crippen molar-refractivity contribution in [1.29, 1.82) is 0 Å². The van der Waals surface area contributed by atoms with Gasteiger partial charge in [-0.3, -0.25) is 14.9 Å². The molecule has 0 fully saturated rings. The zero-order valence-electron chi connectivity index (χ0n) is 14.7. The quantitative estimate of drug-likeness (QED) is 0.527. The van der Waals surface area contributed by atoms with Crippen LogP contribution >= 0.6 is 11.6 Å². The van der Waals surface area contributed by atoms with Crippen molar-refractivity contribution in [3.63, 3.8) is 0 Å². The van der Waals surface area contributed by atoms with Gasteiger partial charge in [0.15, 0.2) is 9.84 Å². The molecule has 3 rings (SSSR count). The molecule has 0 saturated heterocycles. The summed E-state index contributed by atoms with van der Waals surface area (Å²) >= 11 is 5.82. The van der Waals surface area contributed by atoms with Crippen molar-refractivity contribution in [3.8, 4) is 0 Å². The molecular weight excluding hydrogens is 404 g/mol. The average Bonchev–Trinajstić information content (AvgIpc) is 3.02. The Kier molecular flexibility index (Phi) is 5.81. The van der Waals surface area contributed by atoms with Crippen LogP contribution in [0.25, 0.3) is 0 Å². The van der Waals surface area contributed by atoms with E-state index in [-0.39, 0.29) is 28.6 Å². The SMILES string of the molecule is O=C(c1ccc(Cl)c([N+](=O)[O-])c1)N(CCc1ccccc1)C1C=CS(=O)(=O)C1. The van der Waals surface area contributed by atoms with Gasteiger partial charge in [0.1, 0.15) is 5.02 Å². The van der Waals surface area contributed by atoms with E-state index in [2.05, 4.69) is 0 Å². The van der Waals surface area contributed by atoms with Gasteiger partial charge < -0.3 is 4.90 Å². The fraction of sp³-hybridized carbons (Fsp3) is 0.211. The summed E-state index contributed by atoms with van der Waals surface area (Å²) in [5.41, 5.74) is 0.708. The molecule has 1 aliphatic rings. The fourth-order valence-corrected chi connectivity index (χ4v) is 4.50. The van der Waals surface area contributed by atoms with Crippen LogP contribution in [0.3, 0.4) is 0 Å². The molecule has 1 heterocycles. The zero-order valence-corrected chi connectivity index (χ0v) is 16.3. The summed E-state index contributed by atoms with van der Waals surface area (Å²) in [7, 11) is -3.37. The van der Waals surface area contributed by atoms with Crippen molar-refractivity contribution in [2.45, 2.75) is 12.5 Å². The summed E-state index contributed by atoms with van der Waals surface area (Å²) in [6.45, 7) is 0.268. The third-order valence-electron chi connectivity index (χ3n) is 4.45. The van der Waals surface area contributed by atoms with Gasteiger partial charge in [0, 0.05) is 23.6 Å². The summed E-state index contributed by atoms with van der Waals surface area (Å²) in [4.78, 5) is 25.0. The molecule has 0 saturated carbocycles. The fourth-order valence-electron chi connectivity index (χ4n) is 3.02. The van der Waals surface area contributed by atoms with Crippen LogP contribution < -0.4 is 0 Å². The smallest absolute Gasteiger partial charge is 0.288 e. The van der Waals surface area contributed by atoms with Gasteiger partial charge in [-0.05, 0) is 30.2 Å². The first kappa shape index (κ1) is 20.0. The number of hydrogen-bond donors (Lipinski definition) is 0. The molecule has 1 amide bonds. The lowest BCUT2D eigenvalue weighted by molar-refractivity contribution is -0.384. The molecule has 0 aromatic heterocycles. The monoisotopic (exact) mass is 420 g/mol. The molecule has 1 unspecified atom stereocenters. The molecule has 0 radical (unpaired) electrons. The molecule has 2 aromatic rings. The number of hydrogen-bond acceptors (Lipinski definition) is 5. The molecule has 0 N–H and O–H groups in total. The largest absolute Gasteiger partial charge is 0.331 e. The van der Waals surface area contributed by atoms with Crippen LogP contribution in [0.4, 0.5) is 5.69 Å². The summed E-state index contributed by atoms with van der Waals surface area (Å²) in [6.07, 6.45) is 2.00. The highest BCUT2D eigenvalue weighted by Gasteiger charge is 2.31. The highest BCUT2D eigenvalue weighted by atomic mass is 35.5. The van der Waals surface area contributed by atoms with Crippen LogP contribution in [-0.2, 0) is 16.3 Å². The molecule has 0 aliphatic carbocycles. The van der Waals surface area contributed by atoms with Crippen molar-refractivity contribution < 1.29 is 18.1 Å². The molecule has 0 spiro atoms. The van der Waals surface area contributed by atoms with Gasteiger partial charge in [-0.15, -0.1) is 0 Å². The maximum atomic E-state index is 13.1. The number of rotatable bonds is 6. The minimum atomic E-state index is -3.37. The van der Waals surface area contributed by atoms with Crippen molar-refractivity contribution in [2.75, 3.05) is 12.3 Å². The summed E-state index contributed by atoms with van der Waals surface area (Å²) in [6, 6.07) is 12.7. The van der Waals surface area contributed by atoms with Crippen LogP contribution in [0.15, 0.2) is 60.0 Å². The number of carbonyl (C=O) groups is 1. The van der Waals surface area contributed by atoms with E-state index in [1.54, 1.807) is 0 Å². The average molecular weight is 421 g/mol. The van der Waals surface area contributed by atoms with Crippen LogP contribution in [0.5, 0.6) is 0 Å². The van der Waals surface area contributed by atoms with E-state index in [1.165, 1.54) is 23.1 Å². The van der Waals surface area contributed by atoms with Gasteiger partial charge in [0.25, 0.3) is 11.6 Å². The van der Waals surface area contributed by atoms with Crippen LogP contribution in [0.1, 0.15) is 15.9 Å². The predicted octanol–water partition coefficient (Wildman–Crippen LogP) is 3.24. The molecule has 28 heavy (non-hydrogen) atoms. The summed E-state index contributed by atoms with van der Waals surface area (Å²) in [5.74, 6) is -0.689. The van der Waals surface area contributed by atoms with Gasteiger partial charge in [0.2, 0.25) is 0 Å². The van der Waals surface area contributed by atoms with E-state index in [0.717, 1.165) is 17.0 Å². The summed E-state index contributed by atoms with van der Waals surface area (Å²) in [5, 5.41) is 12.2. The number of nitro groups is 1. The second kappa shape index (κ2) is 8.12. The van der Waals surface area contributed by atoms with Crippen molar-refractivity contribution in [2.24, 2.45) is 0 Å². The second-order valence-electron chi connectivity index (χ2n) is 6.38. The highest BCUT2D eigenvalue weighted by Crippen LogP contribution is 2.27. The van der Waals surface area contributed by atoms with Crippen molar-refractivity contribution in [3.05, 3.63) is 86.3 Å². The predicted molar refractivity (Wildman–Crippen MR) is 106 cm³/mol. The number of amides is 1. The number of carbonyl (C=O) groups excluding carboxylic acids is 1. The molecule has 7 nitrogen and oxygen atoms in total. The van der Waals surface area contributed by atoms with E-state index in [0.29, 0.717) is 6.42 Å². The minimum absolute atomic E-state index is 0.0688. The Morgan fingerprint density at radius 3 is 2.54 bits per heavy atom. The van der Waals surface area contributed by atoms with E-state index in [1.807, 2.05) is 30.3 Å².